The first-order valence-electron chi connectivity index (χ1n) is 13.4. The van der Waals surface area contributed by atoms with Gasteiger partial charge in [0.1, 0.15) is 11.5 Å². The molecule has 0 aliphatic rings. The van der Waals surface area contributed by atoms with Crippen molar-refractivity contribution < 1.29 is 9.47 Å². The Hall–Kier alpha value is -2.22. The molecule has 0 fully saturated rings. The molecule has 2 rings (SSSR count). The van der Waals surface area contributed by atoms with Crippen LogP contribution in [0.3, 0.4) is 0 Å². The summed E-state index contributed by atoms with van der Waals surface area (Å²) in [5, 5.41) is 0. The third-order valence-electron chi connectivity index (χ3n) is 6.75. The lowest BCUT2D eigenvalue weighted by molar-refractivity contribution is 0.270. The maximum absolute atomic E-state index is 6.33. The molecule has 2 atom stereocenters. The lowest BCUT2D eigenvalue weighted by Gasteiger charge is -2.17. The molecule has 0 aliphatic carbocycles. The van der Waals surface area contributed by atoms with Gasteiger partial charge < -0.3 is 9.47 Å². The van der Waals surface area contributed by atoms with E-state index in [0.717, 1.165) is 54.6 Å². The Balaban J connectivity index is 2.10. The highest BCUT2D eigenvalue weighted by atomic mass is 16.5. The monoisotopic (exact) mass is 464 g/mol. The first-order valence-corrected chi connectivity index (χ1v) is 13.4. The molecule has 2 aromatic carbocycles. The fraction of sp³-hybridized carbons (Fsp3) is 0.562. The molecule has 0 aromatic heterocycles. The van der Waals surface area contributed by atoms with Crippen molar-refractivity contribution in [3.63, 3.8) is 0 Å². The standard InChI is InChI=1S/C32H48O2/c1-8-25(4)18-20-33-31-23-30(17-16-29-14-12-27(6)13-15-29)32(22-28(31)7)34-21-19-26(5)11-9-10-24(2)3/h12-17,22-26H,8-11,18-21H2,1-7H3/b17-16+. The number of hydrogen-bond acceptors (Lipinski definition) is 2. The van der Waals surface area contributed by atoms with E-state index in [-0.39, 0.29) is 0 Å². The summed E-state index contributed by atoms with van der Waals surface area (Å²) in [5.74, 6) is 4.08. The minimum Gasteiger partial charge on any atom is -0.493 e. The lowest BCUT2D eigenvalue weighted by Crippen LogP contribution is -2.07. The normalized spacial score (nSPS) is 13.4. The Morgan fingerprint density at radius 3 is 2.03 bits per heavy atom. The van der Waals surface area contributed by atoms with E-state index in [1.165, 1.54) is 36.8 Å². The summed E-state index contributed by atoms with van der Waals surface area (Å²) in [6.07, 6.45) is 11.6. The van der Waals surface area contributed by atoms with Gasteiger partial charge in [-0.3, -0.25) is 0 Å². The van der Waals surface area contributed by atoms with E-state index in [0.29, 0.717) is 11.8 Å². The van der Waals surface area contributed by atoms with Crippen molar-refractivity contribution in [1.82, 2.24) is 0 Å². The number of hydrogen-bond donors (Lipinski definition) is 0. The molecule has 0 saturated carbocycles. The van der Waals surface area contributed by atoms with E-state index in [1.807, 2.05) is 0 Å². The summed E-state index contributed by atoms with van der Waals surface area (Å²) in [7, 11) is 0. The van der Waals surface area contributed by atoms with Gasteiger partial charge in [0.15, 0.2) is 0 Å². The average molecular weight is 465 g/mol. The number of rotatable bonds is 15. The first-order chi connectivity index (χ1) is 16.3. The fourth-order valence-corrected chi connectivity index (χ4v) is 3.91. The van der Waals surface area contributed by atoms with Gasteiger partial charge in [-0.2, -0.15) is 0 Å². The van der Waals surface area contributed by atoms with E-state index in [4.69, 9.17) is 9.47 Å². The molecule has 2 heteroatoms. The van der Waals surface area contributed by atoms with Crippen molar-refractivity contribution in [3.05, 3.63) is 58.7 Å². The van der Waals surface area contributed by atoms with Crippen LogP contribution >= 0.6 is 0 Å². The van der Waals surface area contributed by atoms with Gasteiger partial charge in [0.25, 0.3) is 0 Å². The van der Waals surface area contributed by atoms with Crippen molar-refractivity contribution >= 4 is 12.2 Å². The van der Waals surface area contributed by atoms with Gasteiger partial charge in [-0.25, -0.2) is 0 Å². The SMILES string of the molecule is CCC(C)CCOc1cc(/C=C/c2ccc(C)cc2)c(OCCC(C)CCCC(C)C)cc1C. The molecular weight excluding hydrogens is 416 g/mol. The minimum absolute atomic E-state index is 0.686. The smallest absolute Gasteiger partial charge is 0.127 e. The van der Waals surface area contributed by atoms with Crippen LogP contribution in [-0.4, -0.2) is 13.2 Å². The third kappa shape index (κ3) is 10.4. The molecular formula is C32H48O2. The summed E-state index contributed by atoms with van der Waals surface area (Å²) < 4.78 is 12.5. The Bertz CT molecular complexity index is 863. The van der Waals surface area contributed by atoms with Crippen molar-refractivity contribution in [1.29, 1.82) is 0 Å². The molecule has 2 aromatic rings. The Kier molecular flexibility index (Phi) is 12.3. The molecule has 0 heterocycles. The minimum atomic E-state index is 0.686. The molecule has 188 valence electrons. The van der Waals surface area contributed by atoms with E-state index in [1.54, 1.807) is 0 Å². The van der Waals surface area contributed by atoms with Crippen LogP contribution in [-0.2, 0) is 0 Å². The van der Waals surface area contributed by atoms with Gasteiger partial charge in [0.05, 0.1) is 13.2 Å². The highest BCUT2D eigenvalue weighted by molar-refractivity contribution is 5.74. The molecule has 0 saturated heterocycles. The molecule has 0 spiro atoms. The van der Waals surface area contributed by atoms with Gasteiger partial charge in [-0.05, 0) is 67.7 Å². The van der Waals surface area contributed by atoms with Crippen LogP contribution in [0, 0.1) is 31.6 Å². The second-order valence-corrected chi connectivity index (χ2v) is 10.6. The molecule has 0 radical (unpaired) electrons. The molecule has 0 N–H and O–H groups in total. The van der Waals surface area contributed by atoms with Crippen LogP contribution in [0.25, 0.3) is 12.2 Å². The summed E-state index contributed by atoms with van der Waals surface area (Å²) in [5.41, 5.74) is 4.68. The summed E-state index contributed by atoms with van der Waals surface area (Å²) >= 11 is 0. The summed E-state index contributed by atoms with van der Waals surface area (Å²) in [6, 6.07) is 12.9. The quantitative estimate of drug-likeness (QED) is 0.244. The zero-order valence-corrected chi connectivity index (χ0v) is 22.8. The van der Waals surface area contributed by atoms with Crippen molar-refractivity contribution in [2.24, 2.45) is 17.8 Å². The van der Waals surface area contributed by atoms with Crippen LogP contribution in [0.1, 0.15) is 95.4 Å². The van der Waals surface area contributed by atoms with Gasteiger partial charge in [-0.1, -0.05) is 102 Å². The lowest BCUT2D eigenvalue weighted by atomic mass is 9.98. The second-order valence-electron chi connectivity index (χ2n) is 10.6. The van der Waals surface area contributed by atoms with Gasteiger partial charge in [0, 0.05) is 5.56 Å². The topological polar surface area (TPSA) is 18.5 Å². The van der Waals surface area contributed by atoms with E-state index in [2.05, 4.69) is 97.0 Å². The van der Waals surface area contributed by atoms with Crippen LogP contribution < -0.4 is 9.47 Å². The van der Waals surface area contributed by atoms with Crippen LogP contribution in [0.5, 0.6) is 11.5 Å². The van der Waals surface area contributed by atoms with Gasteiger partial charge in [0.2, 0.25) is 0 Å². The maximum atomic E-state index is 6.33. The molecule has 34 heavy (non-hydrogen) atoms. The average Bonchev–Trinajstić information content (AvgIpc) is 2.80. The van der Waals surface area contributed by atoms with Crippen molar-refractivity contribution in [3.8, 4) is 11.5 Å². The number of ether oxygens (including phenoxy) is 2. The van der Waals surface area contributed by atoms with E-state index in [9.17, 15) is 0 Å². The predicted molar refractivity (Wildman–Crippen MR) is 149 cm³/mol. The Morgan fingerprint density at radius 1 is 0.735 bits per heavy atom. The first kappa shape index (κ1) is 28.0. The van der Waals surface area contributed by atoms with E-state index >= 15 is 0 Å². The zero-order valence-electron chi connectivity index (χ0n) is 22.8. The van der Waals surface area contributed by atoms with Gasteiger partial charge >= 0.3 is 0 Å². The number of benzene rings is 2. The van der Waals surface area contributed by atoms with Crippen LogP contribution in [0.2, 0.25) is 0 Å². The maximum Gasteiger partial charge on any atom is 0.127 e. The van der Waals surface area contributed by atoms with Crippen molar-refractivity contribution in [2.75, 3.05) is 13.2 Å². The largest absolute Gasteiger partial charge is 0.493 e. The van der Waals surface area contributed by atoms with Crippen molar-refractivity contribution in [2.45, 2.75) is 87.0 Å². The predicted octanol–water partition coefficient (Wildman–Crippen LogP) is 9.52. The zero-order chi connectivity index (χ0) is 24.9. The van der Waals surface area contributed by atoms with E-state index < -0.39 is 0 Å². The number of aryl methyl sites for hydroxylation is 2. The molecule has 0 aliphatic heterocycles. The fourth-order valence-electron chi connectivity index (χ4n) is 3.91. The highest BCUT2D eigenvalue weighted by Gasteiger charge is 2.11. The molecule has 0 bridgehead atoms. The molecule has 2 nitrogen and oxygen atoms in total. The third-order valence-corrected chi connectivity index (χ3v) is 6.75. The van der Waals surface area contributed by atoms with Crippen LogP contribution in [0.15, 0.2) is 36.4 Å². The summed E-state index contributed by atoms with van der Waals surface area (Å²) in [4.78, 5) is 0. The Morgan fingerprint density at radius 2 is 1.38 bits per heavy atom. The second kappa shape index (κ2) is 14.9. The van der Waals surface area contributed by atoms with Crippen LogP contribution in [0.4, 0.5) is 0 Å². The molecule has 0 amide bonds. The molecule has 2 unspecified atom stereocenters. The summed E-state index contributed by atoms with van der Waals surface area (Å²) in [6.45, 7) is 17.2. The highest BCUT2D eigenvalue weighted by Crippen LogP contribution is 2.31. The van der Waals surface area contributed by atoms with Gasteiger partial charge in [-0.15, -0.1) is 0 Å². The Labute approximate surface area is 209 Å².